The van der Waals surface area contributed by atoms with Crippen LogP contribution in [-0.2, 0) is 11.3 Å². The zero-order valence-electron chi connectivity index (χ0n) is 7.38. The first kappa shape index (κ1) is 9.07. The second-order valence-corrected chi connectivity index (χ2v) is 2.56. The Hall–Kier alpha value is -1.02. The lowest BCUT2D eigenvalue weighted by Gasteiger charge is -1.97. The van der Waals surface area contributed by atoms with Crippen molar-refractivity contribution in [3.05, 3.63) is 30.2 Å². The van der Waals surface area contributed by atoms with Gasteiger partial charge in [-0.3, -0.25) is 0 Å². The maximum atomic E-state index is 5.34. The van der Waals surface area contributed by atoms with E-state index in [4.69, 9.17) is 9.15 Å². The van der Waals surface area contributed by atoms with Gasteiger partial charge in [0, 0.05) is 6.61 Å². The maximum Gasteiger partial charge on any atom is 0.130 e. The molecule has 66 valence electrons. The molecule has 1 rings (SSSR count). The highest BCUT2D eigenvalue weighted by Crippen LogP contribution is 2.09. The number of ether oxygens (including phenoxy) is 1. The van der Waals surface area contributed by atoms with Gasteiger partial charge in [-0.25, -0.2) is 0 Å². The van der Waals surface area contributed by atoms with E-state index in [1.807, 2.05) is 12.1 Å². The molecule has 0 spiro atoms. The summed E-state index contributed by atoms with van der Waals surface area (Å²) in [6.07, 6.45) is 2.72. The van der Waals surface area contributed by atoms with Crippen molar-refractivity contribution >= 4 is 6.08 Å². The molecule has 0 unspecified atom stereocenters. The molecule has 12 heavy (non-hydrogen) atoms. The van der Waals surface area contributed by atoms with E-state index in [1.54, 1.807) is 6.08 Å². The molecule has 1 aromatic rings. The smallest absolute Gasteiger partial charge is 0.130 e. The van der Waals surface area contributed by atoms with Crippen molar-refractivity contribution in [1.29, 1.82) is 0 Å². The number of furan rings is 1. The molecule has 0 atom stereocenters. The molecule has 0 saturated carbocycles. The van der Waals surface area contributed by atoms with Crippen LogP contribution in [0.2, 0.25) is 0 Å². The molecule has 0 aliphatic rings. The van der Waals surface area contributed by atoms with Crippen molar-refractivity contribution < 1.29 is 9.15 Å². The van der Waals surface area contributed by atoms with Gasteiger partial charge in [0.1, 0.15) is 18.1 Å². The summed E-state index contributed by atoms with van der Waals surface area (Å²) in [4.78, 5) is 0. The van der Waals surface area contributed by atoms with E-state index in [9.17, 15) is 0 Å². The van der Waals surface area contributed by atoms with E-state index < -0.39 is 0 Å². The number of hydrogen-bond donors (Lipinski definition) is 0. The third kappa shape index (κ3) is 2.55. The molecule has 0 saturated heterocycles. The minimum Gasteiger partial charge on any atom is -0.459 e. The lowest BCUT2D eigenvalue weighted by Crippen LogP contribution is -1.91. The molecule has 0 bridgehead atoms. The fraction of sp³-hybridized carbons (Fsp3) is 0.400. The Kier molecular flexibility index (Phi) is 3.61. The van der Waals surface area contributed by atoms with Crippen molar-refractivity contribution in [3.63, 3.8) is 0 Å². The van der Waals surface area contributed by atoms with Crippen LogP contribution in [0.3, 0.4) is 0 Å². The Bertz CT molecular complexity index is 238. The molecule has 0 fully saturated rings. The zero-order valence-corrected chi connectivity index (χ0v) is 7.38. The predicted molar refractivity (Wildman–Crippen MR) is 48.7 cm³/mol. The molecular formula is C10H14O2. The first-order valence-electron chi connectivity index (χ1n) is 4.15. The molecule has 0 aromatic carbocycles. The van der Waals surface area contributed by atoms with Gasteiger partial charge in [0.25, 0.3) is 0 Å². The van der Waals surface area contributed by atoms with Crippen molar-refractivity contribution in [2.75, 3.05) is 6.61 Å². The fourth-order valence-corrected chi connectivity index (χ4v) is 0.899. The summed E-state index contributed by atoms with van der Waals surface area (Å²) in [5.74, 6) is 1.66. The van der Waals surface area contributed by atoms with Crippen molar-refractivity contribution in [1.82, 2.24) is 0 Å². The third-order valence-corrected chi connectivity index (χ3v) is 1.48. The summed E-state index contributed by atoms with van der Waals surface area (Å²) in [6, 6.07) is 3.80. The summed E-state index contributed by atoms with van der Waals surface area (Å²) in [7, 11) is 0. The summed E-state index contributed by atoms with van der Waals surface area (Å²) in [5.41, 5.74) is 0. The molecule has 0 aliphatic heterocycles. The minimum absolute atomic E-state index is 0.557. The van der Waals surface area contributed by atoms with E-state index in [0.29, 0.717) is 6.61 Å². The molecular weight excluding hydrogens is 152 g/mol. The van der Waals surface area contributed by atoms with Gasteiger partial charge in [0.15, 0.2) is 0 Å². The van der Waals surface area contributed by atoms with E-state index in [1.165, 1.54) is 0 Å². The van der Waals surface area contributed by atoms with Crippen LogP contribution in [0.15, 0.2) is 23.1 Å². The average molecular weight is 166 g/mol. The number of hydrogen-bond acceptors (Lipinski definition) is 2. The van der Waals surface area contributed by atoms with Gasteiger partial charge in [-0.2, -0.15) is 0 Å². The van der Waals surface area contributed by atoms with Gasteiger partial charge in [-0.15, -0.1) is 0 Å². The van der Waals surface area contributed by atoms with Crippen LogP contribution in [0.4, 0.5) is 0 Å². The topological polar surface area (TPSA) is 22.4 Å². The van der Waals surface area contributed by atoms with Crippen LogP contribution in [0.25, 0.3) is 6.08 Å². The van der Waals surface area contributed by atoms with Crippen LogP contribution in [0.1, 0.15) is 24.9 Å². The van der Waals surface area contributed by atoms with Crippen LogP contribution < -0.4 is 0 Å². The summed E-state index contributed by atoms with van der Waals surface area (Å²) in [6.45, 7) is 7.03. The SMILES string of the molecule is C=Cc1ccc(COCCC)o1. The summed E-state index contributed by atoms with van der Waals surface area (Å²) >= 11 is 0. The Morgan fingerprint density at radius 2 is 2.42 bits per heavy atom. The van der Waals surface area contributed by atoms with Gasteiger partial charge < -0.3 is 9.15 Å². The third-order valence-electron chi connectivity index (χ3n) is 1.48. The quantitative estimate of drug-likeness (QED) is 0.627. The Morgan fingerprint density at radius 1 is 1.58 bits per heavy atom. The molecule has 0 radical (unpaired) electrons. The Morgan fingerprint density at radius 3 is 3.00 bits per heavy atom. The maximum absolute atomic E-state index is 5.34. The van der Waals surface area contributed by atoms with Gasteiger partial charge in [0.2, 0.25) is 0 Å². The molecule has 0 aliphatic carbocycles. The molecule has 2 heteroatoms. The van der Waals surface area contributed by atoms with Crippen molar-refractivity contribution in [3.8, 4) is 0 Å². The minimum atomic E-state index is 0.557. The lowest BCUT2D eigenvalue weighted by molar-refractivity contribution is 0.106. The second-order valence-electron chi connectivity index (χ2n) is 2.56. The van der Waals surface area contributed by atoms with Gasteiger partial charge in [0.05, 0.1) is 0 Å². The van der Waals surface area contributed by atoms with E-state index in [0.717, 1.165) is 24.5 Å². The molecule has 0 amide bonds. The first-order valence-corrected chi connectivity index (χ1v) is 4.15. The Labute approximate surface area is 72.8 Å². The average Bonchev–Trinajstić information content (AvgIpc) is 2.53. The standard InChI is InChI=1S/C10H14O2/c1-3-7-11-8-10-6-5-9(4-2)12-10/h4-6H,2-3,7-8H2,1H3. The Balaban J connectivity index is 2.36. The molecule has 2 nitrogen and oxygen atoms in total. The fourth-order valence-electron chi connectivity index (χ4n) is 0.899. The largest absolute Gasteiger partial charge is 0.459 e. The van der Waals surface area contributed by atoms with Crippen molar-refractivity contribution in [2.24, 2.45) is 0 Å². The van der Waals surface area contributed by atoms with Gasteiger partial charge in [-0.1, -0.05) is 13.5 Å². The molecule has 0 N–H and O–H groups in total. The second kappa shape index (κ2) is 4.78. The number of rotatable bonds is 5. The van der Waals surface area contributed by atoms with Gasteiger partial charge in [-0.05, 0) is 24.6 Å². The highest BCUT2D eigenvalue weighted by molar-refractivity contribution is 5.39. The van der Waals surface area contributed by atoms with E-state index in [-0.39, 0.29) is 0 Å². The molecule has 1 aromatic heterocycles. The van der Waals surface area contributed by atoms with Crippen LogP contribution >= 0.6 is 0 Å². The van der Waals surface area contributed by atoms with E-state index >= 15 is 0 Å². The molecule has 1 heterocycles. The van der Waals surface area contributed by atoms with Crippen LogP contribution in [0, 0.1) is 0 Å². The first-order chi connectivity index (χ1) is 5.86. The zero-order chi connectivity index (χ0) is 8.81. The van der Waals surface area contributed by atoms with Crippen molar-refractivity contribution in [2.45, 2.75) is 20.0 Å². The normalized spacial score (nSPS) is 10.1. The highest BCUT2D eigenvalue weighted by Gasteiger charge is 1.97. The monoisotopic (exact) mass is 166 g/mol. The lowest BCUT2D eigenvalue weighted by atomic mass is 10.4. The summed E-state index contributed by atoms with van der Waals surface area (Å²) in [5, 5.41) is 0. The van der Waals surface area contributed by atoms with Crippen LogP contribution in [0.5, 0.6) is 0 Å². The highest BCUT2D eigenvalue weighted by atomic mass is 16.5. The van der Waals surface area contributed by atoms with Crippen LogP contribution in [-0.4, -0.2) is 6.61 Å². The predicted octanol–water partition coefficient (Wildman–Crippen LogP) is 2.85. The summed E-state index contributed by atoms with van der Waals surface area (Å²) < 4.78 is 10.6. The van der Waals surface area contributed by atoms with Gasteiger partial charge >= 0.3 is 0 Å². The van der Waals surface area contributed by atoms with E-state index in [2.05, 4.69) is 13.5 Å².